The van der Waals surface area contributed by atoms with Crippen molar-refractivity contribution in [3.8, 4) is 6.07 Å². The Hall–Kier alpha value is -2.55. The zero-order valence-electron chi connectivity index (χ0n) is 10.7. The van der Waals surface area contributed by atoms with Gasteiger partial charge in [-0.1, -0.05) is 6.07 Å². The molecule has 21 heavy (non-hydrogen) atoms. The van der Waals surface area contributed by atoms with Crippen LogP contribution < -0.4 is 5.32 Å². The molecule has 2 aromatic carbocycles. The summed E-state index contributed by atoms with van der Waals surface area (Å²) in [6.45, 7) is 0.119. The van der Waals surface area contributed by atoms with Crippen LogP contribution in [0, 0.1) is 17.1 Å². The molecule has 1 N–H and O–H groups in total. The average Bonchev–Trinajstić information content (AvgIpc) is 2.44. The van der Waals surface area contributed by atoms with E-state index in [-0.39, 0.29) is 17.8 Å². The van der Waals surface area contributed by atoms with Crippen LogP contribution in [0.2, 0.25) is 0 Å². The number of hydrogen-bond donors (Lipinski definition) is 1. The topological polar surface area (TPSA) is 35.8 Å². The van der Waals surface area contributed by atoms with Gasteiger partial charge in [-0.3, -0.25) is 0 Å². The summed E-state index contributed by atoms with van der Waals surface area (Å²) in [6, 6.07) is 10.3. The van der Waals surface area contributed by atoms with Gasteiger partial charge in [0, 0.05) is 12.2 Å². The van der Waals surface area contributed by atoms with E-state index in [9.17, 15) is 17.6 Å². The van der Waals surface area contributed by atoms with Crippen LogP contribution in [0.1, 0.15) is 16.7 Å². The van der Waals surface area contributed by atoms with Crippen LogP contribution in [0.5, 0.6) is 0 Å². The monoisotopic (exact) mass is 294 g/mol. The molecule has 2 aromatic rings. The van der Waals surface area contributed by atoms with Gasteiger partial charge in [-0.25, -0.2) is 4.39 Å². The normalized spacial score (nSPS) is 11.0. The number of anilines is 1. The van der Waals surface area contributed by atoms with E-state index in [1.165, 1.54) is 24.3 Å². The zero-order chi connectivity index (χ0) is 15.5. The molecule has 2 nitrogen and oxygen atoms in total. The van der Waals surface area contributed by atoms with E-state index in [0.717, 1.165) is 18.2 Å². The molecule has 0 heterocycles. The summed E-state index contributed by atoms with van der Waals surface area (Å²) in [6.07, 6.45) is -4.41. The van der Waals surface area contributed by atoms with E-state index in [0.29, 0.717) is 5.56 Å². The Labute approximate surface area is 118 Å². The first-order chi connectivity index (χ1) is 9.88. The molecule has 2 rings (SSSR count). The molecule has 0 aliphatic heterocycles. The Bertz CT molecular complexity index is 687. The lowest BCUT2D eigenvalue weighted by Crippen LogP contribution is -2.06. The van der Waals surface area contributed by atoms with Crippen molar-refractivity contribution in [3.63, 3.8) is 0 Å². The smallest absolute Gasteiger partial charge is 0.381 e. The lowest BCUT2D eigenvalue weighted by Gasteiger charge is -2.11. The summed E-state index contributed by atoms with van der Waals surface area (Å²) in [7, 11) is 0. The third-order valence-electron chi connectivity index (χ3n) is 2.77. The van der Waals surface area contributed by atoms with Crippen LogP contribution in [0.15, 0.2) is 42.5 Å². The van der Waals surface area contributed by atoms with Crippen LogP contribution in [-0.4, -0.2) is 0 Å². The van der Waals surface area contributed by atoms with E-state index in [2.05, 4.69) is 5.32 Å². The van der Waals surface area contributed by atoms with Crippen molar-refractivity contribution in [2.45, 2.75) is 12.7 Å². The van der Waals surface area contributed by atoms with Gasteiger partial charge >= 0.3 is 6.18 Å². The van der Waals surface area contributed by atoms with Crippen molar-refractivity contribution in [2.75, 3.05) is 5.32 Å². The SMILES string of the molecule is N#Cc1cc(F)cc(CNc2cccc(C(F)(F)F)c2)c1. The van der Waals surface area contributed by atoms with Gasteiger partial charge in [0.1, 0.15) is 5.82 Å². The van der Waals surface area contributed by atoms with E-state index in [1.54, 1.807) is 0 Å². The van der Waals surface area contributed by atoms with Crippen molar-refractivity contribution >= 4 is 5.69 Å². The maximum absolute atomic E-state index is 13.2. The highest BCUT2D eigenvalue weighted by molar-refractivity contribution is 5.47. The van der Waals surface area contributed by atoms with Crippen molar-refractivity contribution in [3.05, 3.63) is 65.0 Å². The second kappa shape index (κ2) is 5.83. The van der Waals surface area contributed by atoms with Gasteiger partial charge in [0.2, 0.25) is 0 Å². The summed E-state index contributed by atoms with van der Waals surface area (Å²) in [5.41, 5.74) is 0.150. The average molecular weight is 294 g/mol. The molecule has 0 fully saturated rings. The Kier molecular flexibility index (Phi) is 4.13. The van der Waals surface area contributed by atoms with Gasteiger partial charge in [0.05, 0.1) is 17.2 Å². The molecular formula is C15H10F4N2. The molecule has 0 aliphatic rings. The molecule has 108 valence electrons. The van der Waals surface area contributed by atoms with Gasteiger partial charge in [0.25, 0.3) is 0 Å². The number of benzene rings is 2. The third kappa shape index (κ3) is 3.96. The Morgan fingerprint density at radius 3 is 2.52 bits per heavy atom. The van der Waals surface area contributed by atoms with Gasteiger partial charge in [-0.05, 0) is 42.0 Å². The quantitative estimate of drug-likeness (QED) is 0.855. The summed E-state index contributed by atoms with van der Waals surface area (Å²) < 4.78 is 50.9. The van der Waals surface area contributed by atoms with Crippen LogP contribution >= 0.6 is 0 Å². The maximum atomic E-state index is 13.2. The summed E-state index contributed by atoms with van der Waals surface area (Å²) in [4.78, 5) is 0. The van der Waals surface area contributed by atoms with Crippen molar-refractivity contribution in [2.24, 2.45) is 0 Å². The van der Waals surface area contributed by atoms with E-state index >= 15 is 0 Å². The van der Waals surface area contributed by atoms with Crippen molar-refractivity contribution < 1.29 is 17.6 Å². The van der Waals surface area contributed by atoms with Gasteiger partial charge in [-0.15, -0.1) is 0 Å². The highest BCUT2D eigenvalue weighted by Gasteiger charge is 2.30. The Balaban J connectivity index is 2.14. The fraction of sp³-hybridized carbons (Fsp3) is 0.133. The number of nitrogens with one attached hydrogen (secondary N) is 1. The van der Waals surface area contributed by atoms with Crippen LogP contribution in [-0.2, 0) is 12.7 Å². The summed E-state index contributed by atoms with van der Waals surface area (Å²) in [5, 5.41) is 11.5. The highest BCUT2D eigenvalue weighted by atomic mass is 19.4. The van der Waals surface area contributed by atoms with Gasteiger partial charge in [0.15, 0.2) is 0 Å². The molecule has 0 spiro atoms. The van der Waals surface area contributed by atoms with Crippen LogP contribution in [0.4, 0.5) is 23.2 Å². The number of nitrogens with zero attached hydrogens (tertiary/aromatic N) is 1. The fourth-order valence-corrected chi connectivity index (χ4v) is 1.83. The van der Waals surface area contributed by atoms with Crippen molar-refractivity contribution in [1.29, 1.82) is 5.26 Å². The minimum atomic E-state index is -4.41. The summed E-state index contributed by atoms with van der Waals surface area (Å²) >= 11 is 0. The predicted molar refractivity (Wildman–Crippen MR) is 69.9 cm³/mol. The summed E-state index contributed by atoms with van der Waals surface area (Å²) in [5.74, 6) is -0.560. The molecular weight excluding hydrogens is 284 g/mol. The predicted octanol–water partition coefficient (Wildman–Crippen LogP) is 4.33. The number of alkyl halides is 3. The molecule has 0 unspecified atom stereocenters. The standard InChI is InChI=1S/C15H10F4N2/c16-13-5-10(8-20)4-11(6-13)9-21-14-3-1-2-12(7-14)15(17,18)19/h1-7,21H,9H2. The molecule has 0 amide bonds. The molecule has 6 heteroatoms. The second-order valence-corrected chi connectivity index (χ2v) is 4.39. The van der Waals surface area contributed by atoms with E-state index in [1.807, 2.05) is 6.07 Å². The zero-order valence-corrected chi connectivity index (χ0v) is 10.7. The highest BCUT2D eigenvalue weighted by Crippen LogP contribution is 2.30. The molecule has 0 bridgehead atoms. The number of hydrogen-bond acceptors (Lipinski definition) is 2. The second-order valence-electron chi connectivity index (χ2n) is 4.39. The lowest BCUT2D eigenvalue weighted by molar-refractivity contribution is -0.137. The molecule has 0 aliphatic carbocycles. The minimum absolute atomic E-state index is 0.119. The molecule has 0 atom stereocenters. The fourth-order valence-electron chi connectivity index (χ4n) is 1.83. The third-order valence-corrected chi connectivity index (χ3v) is 2.77. The van der Waals surface area contributed by atoms with E-state index < -0.39 is 17.6 Å². The first kappa shape index (κ1) is 14.9. The minimum Gasteiger partial charge on any atom is -0.381 e. The molecule has 0 saturated carbocycles. The lowest BCUT2D eigenvalue weighted by atomic mass is 10.1. The molecule has 0 saturated heterocycles. The number of halogens is 4. The number of nitriles is 1. The van der Waals surface area contributed by atoms with Crippen molar-refractivity contribution in [1.82, 2.24) is 0 Å². The van der Waals surface area contributed by atoms with E-state index in [4.69, 9.17) is 5.26 Å². The Morgan fingerprint density at radius 1 is 1.10 bits per heavy atom. The first-order valence-corrected chi connectivity index (χ1v) is 5.99. The molecule has 0 aromatic heterocycles. The van der Waals surface area contributed by atoms with Crippen LogP contribution in [0.25, 0.3) is 0 Å². The van der Waals surface area contributed by atoms with Gasteiger partial charge < -0.3 is 5.32 Å². The Morgan fingerprint density at radius 2 is 1.86 bits per heavy atom. The largest absolute Gasteiger partial charge is 0.416 e. The maximum Gasteiger partial charge on any atom is 0.416 e. The van der Waals surface area contributed by atoms with Crippen LogP contribution in [0.3, 0.4) is 0 Å². The van der Waals surface area contributed by atoms with Gasteiger partial charge in [-0.2, -0.15) is 18.4 Å². The molecule has 0 radical (unpaired) electrons. The first-order valence-electron chi connectivity index (χ1n) is 5.99. The number of rotatable bonds is 3.